The molecular weight excluding hydrogens is 467 g/mol. The summed E-state index contributed by atoms with van der Waals surface area (Å²) < 4.78 is 5.42. The molecule has 1 heterocycles. The van der Waals surface area contributed by atoms with Crippen LogP contribution in [0.3, 0.4) is 0 Å². The van der Waals surface area contributed by atoms with Crippen molar-refractivity contribution in [1.82, 2.24) is 15.8 Å². The fourth-order valence-electron chi connectivity index (χ4n) is 3.70. The third-order valence-corrected chi connectivity index (χ3v) is 5.22. The van der Waals surface area contributed by atoms with Crippen LogP contribution in [0.25, 0.3) is 0 Å². The molecule has 0 saturated heterocycles. The van der Waals surface area contributed by atoms with E-state index in [0.717, 1.165) is 54.8 Å². The van der Waals surface area contributed by atoms with Gasteiger partial charge in [0.1, 0.15) is 11.4 Å². The van der Waals surface area contributed by atoms with Crippen molar-refractivity contribution in [2.24, 2.45) is 4.99 Å². The molecule has 2 aromatic rings. The summed E-state index contributed by atoms with van der Waals surface area (Å²) in [6.07, 6.45) is 3.26. The van der Waals surface area contributed by atoms with E-state index >= 15 is 0 Å². The van der Waals surface area contributed by atoms with Gasteiger partial charge < -0.3 is 20.3 Å². The molecule has 3 N–H and O–H groups in total. The summed E-state index contributed by atoms with van der Waals surface area (Å²) in [5.41, 5.74) is 3.44. The summed E-state index contributed by atoms with van der Waals surface area (Å²) >= 11 is 0. The van der Waals surface area contributed by atoms with Gasteiger partial charge in [-0.2, -0.15) is 0 Å². The quantitative estimate of drug-likeness (QED) is 0.310. The minimum Gasteiger partial charge on any atom is -0.383 e. The number of guanidine groups is 1. The number of nitrogens with one attached hydrogen (secondary N) is 2. The smallest absolute Gasteiger partial charge is 0.191 e. The molecule has 0 fully saturated rings. The number of aromatic nitrogens is 1. The van der Waals surface area contributed by atoms with Crippen molar-refractivity contribution < 1.29 is 9.63 Å². The second-order valence-corrected chi connectivity index (χ2v) is 6.98. The van der Waals surface area contributed by atoms with E-state index in [1.54, 1.807) is 0 Å². The minimum atomic E-state index is -0.854. The second kappa shape index (κ2) is 10.2. The minimum absolute atomic E-state index is 0. The van der Waals surface area contributed by atoms with Crippen molar-refractivity contribution in [3.05, 3.63) is 52.4 Å². The number of hydrogen-bond acceptors (Lipinski definition) is 4. The van der Waals surface area contributed by atoms with E-state index in [9.17, 15) is 5.11 Å². The number of nitrogens with zero attached hydrogens (tertiary/aromatic N) is 2. The topological polar surface area (TPSA) is 82.7 Å². The van der Waals surface area contributed by atoms with Crippen LogP contribution in [0, 0.1) is 0 Å². The Labute approximate surface area is 184 Å². The molecule has 0 aliphatic heterocycles. The van der Waals surface area contributed by atoms with E-state index in [1.165, 1.54) is 5.56 Å². The molecule has 1 aromatic carbocycles. The summed E-state index contributed by atoms with van der Waals surface area (Å²) in [6.45, 7) is 7.86. The summed E-state index contributed by atoms with van der Waals surface area (Å²) in [5.74, 6) is 1.59. The molecule has 28 heavy (non-hydrogen) atoms. The largest absolute Gasteiger partial charge is 0.383 e. The molecule has 1 aromatic heterocycles. The molecule has 1 aliphatic carbocycles. The van der Waals surface area contributed by atoms with E-state index < -0.39 is 5.60 Å². The van der Waals surface area contributed by atoms with Gasteiger partial charge in [0.15, 0.2) is 5.96 Å². The summed E-state index contributed by atoms with van der Waals surface area (Å²) in [4.78, 5) is 4.70. The highest BCUT2D eigenvalue weighted by Gasteiger charge is 2.36. The van der Waals surface area contributed by atoms with Crippen molar-refractivity contribution in [1.29, 1.82) is 0 Å². The lowest BCUT2D eigenvalue weighted by Crippen LogP contribution is -2.45. The Kier molecular flexibility index (Phi) is 8.30. The Bertz CT molecular complexity index is 784. The first-order valence-electron chi connectivity index (χ1n) is 9.90. The molecule has 154 valence electrons. The van der Waals surface area contributed by atoms with Gasteiger partial charge in [0.2, 0.25) is 0 Å². The number of aliphatic imine (C=N–C) groups is 1. The van der Waals surface area contributed by atoms with Crippen LogP contribution >= 0.6 is 24.0 Å². The van der Waals surface area contributed by atoms with Gasteiger partial charge in [-0.05, 0) is 37.3 Å². The number of rotatable bonds is 7. The third-order valence-electron chi connectivity index (χ3n) is 5.22. The first-order valence-corrected chi connectivity index (χ1v) is 9.90. The Morgan fingerprint density at radius 2 is 2.00 bits per heavy atom. The molecule has 3 rings (SSSR count). The zero-order valence-corrected chi connectivity index (χ0v) is 19.2. The fourth-order valence-corrected chi connectivity index (χ4v) is 3.70. The highest BCUT2D eigenvalue weighted by molar-refractivity contribution is 14.0. The predicted octanol–water partition coefficient (Wildman–Crippen LogP) is 3.31. The monoisotopic (exact) mass is 498 g/mol. The maximum absolute atomic E-state index is 11.1. The van der Waals surface area contributed by atoms with Gasteiger partial charge in [0.05, 0.1) is 18.8 Å². The van der Waals surface area contributed by atoms with Crippen LogP contribution < -0.4 is 10.6 Å². The van der Waals surface area contributed by atoms with Gasteiger partial charge >= 0.3 is 0 Å². The van der Waals surface area contributed by atoms with Crippen molar-refractivity contribution in [3.63, 3.8) is 0 Å². The molecular formula is C21H31IN4O2. The lowest BCUT2D eigenvalue weighted by atomic mass is 9.96. The van der Waals surface area contributed by atoms with Gasteiger partial charge in [-0.3, -0.25) is 0 Å². The Morgan fingerprint density at radius 1 is 1.21 bits per heavy atom. The third kappa shape index (κ3) is 4.86. The molecule has 1 atom stereocenters. The Morgan fingerprint density at radius 3 is 2.71 bits per heavy atom. The van der Waals surface area contributed by atoms with E-state index in [0.29, 0.717) is 19.0 Å². The van der Waals surface area contributed by atoms with Gasteiger partial charge in [0.25, 0.3) is 0 Å². The Hall–Kier alpha value is -1.61. The molecule has 0 spiro atoms. The van der Waals surface area contributed by atoms with Gasteiger partial charge in [-0.15, -0.1) is 24.0 Å². The van der Waals surface area contributed by atoms with Crippen LogP contribution in [-0.2, 0) is 31.4 Å². The summed E-state index contributed by atoms with van der Waals surface area (Å²) in [5, 5.41) is 21.8. The number of halogens is 1. The molecule has 1 aliphatic rings. The van der Waals surface area contributed by atoms with Crippen LogP contribution in [0.1, 0.15) is 55.3 Å². The standard InChI is InChI=1S/C21H30N4O2.HI/c1-4-18-16(19(5-2)27-25-18)13-23-20(22-6-3)24-14-21(26)12-11-15-9-7-8-10-17(15)21;/h7-10,26H,4-6,11-14H2,1-3H3,(H2,22,23,24);1H. The maximum Gasteiger partial charge on any atom is 0.191 e. The molecule has 7 heteroatoms. The molecule has 0 saturated carbocycles. The van der Waals surface area contributed by atoms with Crippen molar-refractivity contribution in [2.75, 3.05) is 13.1 Å². The second-order valence-electron chi connectivity index (χ2n) is 6.98. The number of fused-ring (bicyclic) bond motifs is 1. The zero-order valence-electron chi connectivity index (χ0n) is 16.9. The fraction of sp³-hybridized carbons (Fsp3) is 0.524. The first-order chi connectivity index (χ1) is 13.1. The number of aryl methyl sites for hydroxylation is 3. The van der Waals surface area contributed by atoms with Crippen LogP contribution in [-0.4, -0.2) is 29.3 Å². The molecule has 0 amide bonds. The van der Waals surface area contributed by atoms with Crippen LogP contribution in [0.15, 0.2) is 33.8 Å². The van der Waals surface area contributed by atoms with Gasteiger partial charge in [-0.25, -0.2) is 4.99 Å². The number of aliphatic hydroxyl groups is 1. The summed E-state index contributed by atoms with van der Waals surface area (Å²) in [6, 6.07) is 8.13. The number of hydrogen-bond donors (Lipinski definition) is 3. The lowest BCUT2D eigenvalue weighted by Gasteiger charge is -2.25. The first kappa shape index (κ1) is 22.7. The predicted molar refractivity (Wildman–Crippen MR) is 122 cm³/mol. The highest BCUT2D eigenvalue weighted by Crippen LogP contribution is 2.36. The maximum atomic E-state index is 11.1. The van der Waals surface area contributed by atoms with Crippen molar-refractivity contribution >= 4 is 29.9 Å². The van der Waals surface area contributed by atoms with Crippen molar-refractivity contribution in [2.45, 2.75) is 58.6 Å². The molecule has 6 nitrogen and oxygen atoms in total. The molecule has 0 bridgehead atoms. The molecule has 0 radical (unpaired) electrons. The van der Waals surface area contributed by atoms with Gasteiger partial charge in [0, 0.05) is 18.5 Å². The average molecular weight is 498 g/mol. The van der Waals surface area contributed by atoms with Crippen LogP contribution in [0.4, 0.5) is 0 Å². The number of benzene rings is 1. The Balaban J connectivity index is 0.00000280. The highest BCUT2D eigenvalue weighted by atomic mass is 127. The van der Waals surface area contributed by atoms with E-state index in [4.69, 9.17) is 9.52 Å². The van der Waals surface area contributed by atoms with Gasteiger partial charge in [-0.1, -0.05) is 43.3 Å². The van der Waals surface area contributed by atoms with Crippen LogP contribution in [0.2, 0.25) is 0 Å². The van der Waals surface area contributed by atoms with Crippen LogP contribution in [0.5, 0.6) is 0 Å². The molecule has 1 unspecified atom stereocenters. The van der Waals surface area contributed by atoms with E-state index in [2.05, 4.69) is 35.7 Å². The van der Waals surface area contributed by atoms with E-state index in [1.807, 2.05) is 25.1 Å². The SMILES string of the molecule is CCNC(=NCc1c(CC)noc1CC)NCC1(O)CCc2ccccc21.I. The normalized spacial score (nSPS) is 18.5. The lowest BCUT2D eigenvalue weighted by molar-refractivity contribution is 0.0432. The van der Waals surface area contributed by atoms with Crippen molar-refractivity contribution in [3.8, 4) is 0 Å². The average Bonchev–Trinajstić information content (AvgIpc) is 3.25. The zero-order chi connectivity index (χ0) is 19.3. The van der Waals surface area contributed by atoms with E-state index in [-0.39, 0.29) is 24.0 Å². The summed E-state index contributed by atoms with van der Waals surface area (Å²) in [7, 11) is 0.